The first-order chi connectivity index (χ1) is 21.4. The molecule has 6 aromatic rings. The molecular weight excluding hydrogens is 515 g/mol. The topological polar surface area (TPSA) is 31.6 Å². The molecule has 0 atom stereocenters. The molecule has 0 radical (unpaired) electrons. The Balaban J connectivity index is 1.27. The minimum Gasteiger partial charge on any atom is -0.456 e. The minimum atomic E-state index is -2.32. The van der Waals surface area contributed by atoms with Crippen molar-refractivity contribution in [1.82, 2.24) is 0 Å². The van der Waals surface area contributed by atoms with E-state index in [1.54, 1.807) is 0 Å². The zero-order chi connectivity index (χ0) is 31.4. The lowest BCUT2D eigenvalue weighted by Crippen LogP contribution is -2.41. The molecule has 8 rings (SSSR count). The van der Waals surface area contributed by atoms with Crippen molar-refractivity contribution in [2.45, 2.75) is 51.2 Å². The van der Waals surface area contributed by atoms with Crippen molar-refractivity contribution in [2.75, 3.05) is 0 Å². The van der Waals surface area contributed by atoms with E-state index >= 15 is 0 Å². The molecule has 0 amide bonds. The molecule has 1 saturated heterocycles. The molecule has 5 aromatic carbocycles. The summed E-state index contributed by atoms with van der Waals surface area (Å²) in [5.41, 5.74) is 6.36. The standard InChI is InChI=1S/C38H33BO3/c1-36(2)37(3,4)42-39(41-36)33-19-11-16-30-29-15-10-14-26(34(29)40-35(30)33)24-20-22-25(23-21-24)38(5)31-17-8-6-12-27(31)28-13-7-9-18-32(28)38/h6-23H,1-5H3/i5D3. The molecule has 2 aliphatic rings. The van der Waals surface area contributed by atoms with Crippen LogP contribution in [0.2, 0.25) is 0 Å². The Bertz CT molecular complexity index is 2060. The molecule has 4 heteroatoms. The molecule has 0 saturated carbocycles. The average molecular weight is 552 g/mol. The lowest BCUT2D eigenvalue weighted by molar-refractivity contribution is 0.00578. The van der Waals surface area contributed by atoms with Crippen molar-refractivity contribution in [3.8, 4) is 22.3 Å². The molecule has 0 bridgehead atoms. The van der Waals surface area contributed by atoms with Gasteiger partial charge in [-0.05, 0) is 67.9 Å². The SMILES string of the molecule is [2H]C([2H])([2H])C1(c2ccc(-c3cccc4c3oc3c(B5OC(C)(C)C(C)(C)O5)cccc34)cc2)c2ccccc2-c2ccccc21. The van der Waals surface area contributed by atoms with E-state index in [0.29, 0.717) is 0 Å². The number of hydrogen-bond acceptors (Lipinski definition) is 3. The second kappa shape index (κ2) is 8.70. The molecule has 1 aliphatic carbocycles. The third kappa shape index (κ3) is 3.43. The van der Waals surface area contributed by atoms with E-state index in [-0.39, 0.29) is 0 Å². The van der Waals surface area contributed by atoms with Gasteiger partial charge in [0.2, 0.25) is 0 Å². The van der Waals surface area contributed by atoms with E-state index in [9.17, 15) is 0 Å². The van der Waals surface area contributed by atoms with Crippen molar-refractivity contribution < 1.29 is 17.8 Å². The number of fused-ring (bicyclic) bond motifs is 6. The van der Waals surface area contributed by atoms with Gasteiger partial charge < -0.3 is 13.7 Å². The Morgan fingerprint density at radius 3 is 1.74 bits per heavy atom. The van der Waals surface area contributed by atoms with E-state index in [1.807, 2.05) is 125 Å². The average Bonchev–Trinajstić information content (AvgIpc) is 3.62. The summed E-state index contributed by atoms with van der Waals surface area (Å²) >= 11 is 0. The van der Waals surface area contributed by atoms with E-state index in [4.69, 9.17) is 17.8 Å². The number of benzene rings is 5. The number of furan rings is 1. The Morgan fingerprint density at radius 1 is 0.571 bits per heavy atom. The van der Waals surface area contributed by atoms with Crippen LogP contribution in [0.1, 0.15) is 55.3 Å². The van der Waals surface area contributed by atoms with Gasteiger partial charge in [0, 0.05) is 31.3 Å². The maximum Gasteiger partial charge on any atom is 0.498 e. The molecule has 1 fully saturated rings. The summed E-state index contributed by atoms with van der Waals surface area (Å²) in [5.74, 6) is 0. The molecule has 0 N–H and O–H groups in total. The number of para-hydroxylation sites is 2. The summed E-state index contributed by atoms with van der Waals surface area (Å²) in [6, 6.07) is 36.0. The fourth-order valence-electron chi connectivity index (χ4n) is 6.67. The predicted octanol–water partition coefficient (Wildman–Crippen LogP) is 8.89. The molecule has 1 aromatic heterocycles. The Kier molecular flexibility index (Phi) is 4.66. The van der Waals surface area contributed by atoms with Crippen LogP contribution in [0.3, 0.4) is 0 Å². The normalized spacial score (nSPS) is 19.3. The van der Waals surface area contributed by atoms with Gasteiger partial charge >= 0.3 is 7.12 Å². The van der Waals surface area contributed by atoms with E-state index in [2.05, 4.69) is 12.1 Å². The predicted molar refractivity (Wildman–Crippen MR) is 172 cm³/mol. The molecule has 42 heavy (non-hydrogen) atoms. The minimum absolute atomic E-state index is 0.467. The molecule has 2 heterocycles. The summed E-state index contributed by atoms with van der Waals surface area (Å²) in [7, 11) is -0.546. The highest BCUT2D eigenvalue weighted by Gasteiger charge is 2.52. The van der Waals surface area contributed by atoms with Crippen LogP contribution in [-0.4, -0.2) is 18.3 Å². The lowest BCUT2D eigenvalue weighted by atomic mass is 9.74. The molecular formula is C38H33BO3. The smallest absolute Gasteiger partial charge is 0.456 e. The Morgan fingerprint density at radius 2 is 1.12 bits per heavy atom. The summed E-state index contributed by atoms with van der Waals surface area (Å²) in [6.45, 7) is 5.87. The fraction of sp³-hybridized carbons (Fsp3) is 0.211. The summed E-state index contributed by atoms with van der Waals surface area (Å²) < 4.78 is 46.1. The first-order valence-electron chi connectivity index (χ1n) is 16.0. The van der Waals surface area contributed by atoms with Gasteiger partial charge in [-0.1, -0.05) is 109 Å². The molecule has 3 nitrogen and oxygen atoms in total. The second-order valence-electron chi connectivity index (χ2n) is 12.5. The molecule has 1 aliphatic heterocycles. The monoisotopic (exact) mass is 551 g/mol. The summed E-state index contributed by atoms with van der Waals surface area (Å²) in [4.78, 5) is 0. The van der Waals surface area contributed by atoms with Gasteiger partial charge in [-0.15, -0.1) is 0 Å². The molecule has 206 valence electrons. The van der Waals surface area contributed by atoms with E-state index in [1.165, 1.54) is 0 Å². The van der Waals surface area contributed by atoms with Crippen LogP contribution in [0.5, 0.6) is 0 Å². The van der Waals surface area contributed by atoms with Gasteiger partial charge in [-0.3, -0.25) is 0 Å². The van der Waals surface area contributed by atoms with E-state index < -0.39 is 30.6 Å². The first-order valence-corrected chi connectivity index (χ1v) is 14.5. The van der Waals surface area contributed by atoms with Crippen molar-refractivity contribution in [3.63, 3.8) is 0 Å². The Labute approximate surface area is 251 Å². The molecule has 0 unspecified atom stereocenters. The summed E-state index contributed by atoms with van der Waals surface area (Å²) in [5, 5.41) is 2.00. The zero-order valence-corrected chi connectivity index (χ0v) is 24.2. The Hall–Kier alpha value is -4.12. The maximum absolute atomic E-state index is 8.90. The van der Waals surface area contributed by atoms with Gasteiger partial charge in [-0.25, -0.2) is 0 Å². The highest BCUT2D eigenvalue weighted by molar-refractivity contribution is 6.65. The van der Waals surface area contributed by atoms with Gasteiger partial charge in [0.05, 0.1) is 11.2 Å². The first kappa shape index (κ1) is 22.5. The zero-order valence-electron chi connectivity index (χ0n) is 27.2. The van der Waals surface area contributed by atoms with Gasteiger partial charge in [0.25, 0.3) is 0 Å². The van der Waals surface area contributed by atoms with Gasteiger partial charge in [0.15, 0.2) is 0 Å². The number of rotatable bonds is 3. The highest BCUT2D eigenvalue weighted by atomic mass is 16.7. The quantitative estimate of drug-likeness (QED) is 0.206. The number of hydrogen-bond donors (Lipinski definition) is 0. The van der Waals surface area contributed by atoms with Crippen LogP contribution in [-0.2, 0) is 14.7 Å². The van der Waals surface area contributed by atoms with Crippen LogP contribution in [0.25, 0.3) is 44.2 Å². The third-order valence-electron chi connectivity index (χ3n) is 9.64. The second-order valence-corrected chi connectivity index (χ2v) is 12.5. The van der Waals surface area contributed by atoms with Crippen LogP contribution < -0.4 is 5.46 Å². The fourth-order valence-corrected chi connectivity index (χ4v) is 6.67. The van der Waals surface area contributed by atoms with Crippen molar-refractivity contribution in [1.29, 1.82) is 0 Å². The van der Waals surface area contributed by atoms with Crippen LogP contribution in [0.15, 0.2) is 114 Å². The van der Waals surface area contributed by atoms with Gasteiger partial charge in [-0.2, -0.15) is 0 Å². The molecule has 0 spiro atoms. The van der Waals surface area contributed by atoms with Crippen molar-refractivity contribution in [2.24, 2.45) is 0 Å². The largest absolute Gasteiger partial charge is 0.498 e. The maximum atomic E-state index is 8.90. The lowest BCUT2D eigenvalue weighted by Gasteiger charge is -2.32. The van der Waals surface area contributed by atoms with Gasteiger partial charge in [0.1, 0.15) is 11.2 Å². The summed E-state index contributed by atoms with van der Waals surface area (Å²) in [6.07, 6.45) is 0. The third-order valence-corrected chi connectivity index (χ3v) is 9.64. The van der Waals surface area contributed by atoms with Crippen LogP contribution >= 0.6 is 0 Å². The van der Waals surface area contributed by atoms with E-state index in [0.717, 1.165) is 66.3 Å². The van der Waals surface area contributed by atoms with Crippen LogP contribution in [0, 0.1) is 0 Å². The van der Waals surface area contributed by atoms with Crippen molar-refractivity contribution >= 4 is 34.5 Å². The highest BCUT2D eigenvalue weighted by Crippen LogP contribution is 2.52. The van der Waals surface area contributed by atoms with Crippen molar-refractivity contribution in [3.05, 3.63) is 126 Å². The van der Waals surface area contributed by atoms with Crippen LogP contribution in [0.4, 0.5) is 0 Å².